The topological polar surface area (TPSA) is 82.8 Å². The highest BCUT2D eigenvalue weighted by Crippen LogP contribution is 2.31. The Bertz CT molecular complexity index is 746. The molecule has 0 aliphatic carbocycles. The third-order valence-electron chi connectivity index (χ3n) is 3.91. The first-order valence-corrected chi connectivity index (χ1v) is 7.42. The summed E-state index contributed by atoms with van der Waals surface area (Å²) < 4.78 is 5.25. The molecule has 0 saturated carbocycles. The molecule has 3 amide bonds. The van der Waals surface area contributed by atoms with Crippen molar-refractivity contribution in [1.29, 1.82) is 0 Å². The maximum atomic E-state index is 12.6. The average molecular weight is 335 g/mol. The first-order chi connectivity index (χ1) is 10.9. The van der Waals surface area contributed by atoms with Gasteiger partial charge in [0.25, 0.3) is 5.91 Å². The van der Waals surface area contributed by atoms with E-state index >= 15 is 0 Å². The van der Waals surface area contributed by atoms with Crippen LogP contribution in [0.5, 0.6) is 0 Å². The zero-order valence-electron chi connectivity index (χ0n) is 12.3. The van der Waals surface area contributed by atoms with Crippen LogP contribution in [0.1, 0.15) is 24.4 Å². The van der Waals surface area contributed by atoms with Crippen LogP contribution in [0.25, 0.3) is 0 Å². The summed E-state index contributed by atoms with van der Waals surface area (Å²) in [4.78, 5) is 25.8. The number of β-amino-alcohol motifs (C(OH)–C–C–N with tert-alkyl or cyclic N) is 1. The summed E-state index contributed by atoms with van der Waals surface area (Å²) >= 11 is 6.04. The molecule has 7 heteroatoms. The summed E-state index contributed by atoms with van der Waals surface area (Å²) in [5.74, 6) is -0.144. The molecule has 1 aromatic heterocycles. The Balaban J connectivity index is 1.83. The van der Waals surface area contributed by atoms with Gasteiger partial charge in [0.1, 0.15) is 5.76 Å². The number of benzene rings is 1. The summed E-state index contributed by atoms with van der Waals surface area (Å²) in [7, 11) is 0. The van der Waals surface area contributed by atoms with Gasteiger partial charge >= 0.3 is 6.03 Å². The second-order valence-electron chi connectivity index (χ2n) is 5.49. The zero-order chi connectivity index (χ0) is 16.6. The molecule has 2 heterocycles. The average Bonchev–Trinajstić information content (AvgIpc) is 3.12. The van der Waals surface area contributed by atoms with E-state index < -0.39 is 23.6 Å². The molecule has 1 saturated heterocycles. The van der Waals surface area contributed by atoms with Gasteiger partial charge < -0.3 is 14.8 Å². The summed E-state index contributed by atoms with van der Waals surface area (Å²) in [5, 5.41) is 13.3. The fraction of sp³-hybridized carbons (Fsp3) is 0.250. The molecule has 23 heavy (non-hydrogen) atoms. The van der Waals surface area contributed by atoms with Crippen molar-refractivity contribution in [3.05, 3.63) is 59.0 Å². The molecular formula is C16H15ClN2O4. The number of urea groups is 1. The SMILES string of the molecule is C[C@]1(c2ccco2)NC(=O)N(C[C@H](O)c2ccccc2Cl)C1=O. The molecule has 120 valence electrons. The van der Waals surface area contributed by atoms with E-state index in [1.54, 1.807) is 43.3 Å². The van der Waals surface area contributed by atoms with E-state index in [0.717, 1.165) is 4.90 Å². The highest BCUT2D eigenvalue weighted by molar-refractivity contribution is 6.31. The first-order valence-electron chi connectivity index (χ1n) is 7.04. The molecule has 2 N–H and O–H groups in total. The third kappa shape index (κ3) is 2.60. The van der Waals surface area contributed by atoms with E-state index in [1.165, 1.54) is 6.26 Å². The van der Waals surface area contributed by atoms with Crippen LogP contribution in [0.4, 0.5) is 4.79 Å². The fourth-order valence-electron chi connectivity index (χ4n) is 2.61. The number of aliphatic hydroxyl groups excluding tert-OH is 1. The van der Waals surface area contributed by atoms with Gasteiger partial charge in [-0.1, -0.05) is 29.8 Å². The van der Waals surface area contributed by atoms with Gasteiger partial charge in [0.15, 0.2) is 5.54 Å². The predicted molar refractivity (Wildman–Crippen MR) is 82.7 cm³/mol. The smallest absolute Gasteiger partial charge is 0.325 e. The van der Waals surface area contributed by atoms with Gasteiger partial charge in [-0.25, -0.2) is 4.79 Å². The molecule has 3 rings (SSSR count). The second-order valence-corrected chi connectivity index (χ2v) is 5.89. The number of carbonyl (C=O) groups excluding carboxylic acids is 2. The lowest BCUT2D eigenvalue weighted by Gasteiger charge is -2.21. The number of nitrogens with one attached hydrogen (secondary N) is 1. The van der Waals surface area contributed by atoms with Gasteiger partial charge in [0.2, 0.25) is 0 Å². The van der Waals surface area contributed by atoms with Crippen molar-refractivity contribution < 1.29 is 19.1 Å². The van der Waals surface area contributed by atoms with Crippen LogP contribution in [0, 0.1) is 0 Å². The van der Waals surface area contributed by atoms with Crippen molar-refractivity contribution in [1.82, 2.24) is 10.2 Å². The maximum Gasteiger partial charge on any atom is 0.325 e. The molecule has 0 bridgehead atoms. The highest BCUT2D eigenvalue weighted by Gasteiger charge is 2.51. The van der Waals surface area contributed by atoms with Gasteiger partial charge in [-0.15, -0.1) is 0 Å². The van der Waals surface area contributed by atoms with Crippen LogP contribution >= 0.6 is 11.6 Å². The number of hydrogen-bond acceptors (Lipinski definition) is 4. The molecular weight excluding hydrogens is 320 g/mol. The minimum absolute atomic E-state index is 0.190. The Hall–Kier alpha value is -2.31. The number of amides is 3. The van der Waals surface area contributed by atoms with E-state index in [0.29, 0.717) is 16.3 Å². The quantitative estimate of drug-likeness (QED) is 0.841. The van der Waals surface area contributed by atoms with Crippen molar-refractivity contribution in [3.63, 3.8) is 0 Å². The standard InChI is InChI=1S/C16H15ClN2O4/c1-16(13-7-4-8-23-13)14(21)19(15(22)18-16)9-12(20)10-5-2-3-6-11(10)17/h2-8,12,20H,9H2,1H3,(H,18,22)/t12-,16+/m0/s1. The van der Waals surface area contributed by atoms with Crippen LogP contribution < -0.4 is 5.32 Å². The van der Waals surface area contributed by atoms with Crippen LogP contribution in [-0.2, 0) is 10.3 Å². The van der Waals surface area contributed by atoms with Crippen LogP contribution in [0.2, 0.25) is 5.02 Å². The number of nitrogens with zero attached hydrogens (tertiary/aromatic N) is 1. The number of furan rings is 1. The minimum atomic E-state index is -1.28. The third-order valence-corrected chi connectivity index (χ3v) is 4.25. The summed E-state index contributed by atoms with van der Waals surface area (Å²) in [6.07, 6.45) is 0.360. The predicted octanol–water partition coefficient (Wildman–Crippen LogP) is 2.43. The van der Waals surface area contributed by atoms with Crippen LogP contribution in [-0.4, -0.2) is 28.5 Å². The lowest BCUT2D eigenvalue weighted by atomic mass is 9.99. The minimum Gasteiger partial charge on any atom is -0.466 e. The molecule has 6 nitrogen and oxygen atoms in total. The lowest BCUT2D eigenvalue weighted by Crippen LogP contribution is -2.41. The summed E-state index contributed by atoms with van der Waals surface area (Å²) in [5.41, 5.74) is -0.817. The largest absolute Gasteiger partial charge is 0.466 e. The number of carbonyl (C=O) groups is 2. The normalized spacial score (nSPS) is 22.3. The number of rotatable bonds is 4. The second kappa shape index (κ2) is 5.72. The molecule has 2 atom stereocenters. The van der Waals surface area contributed by atoms with Gasteiger partial charge in [0.05, 0.1) is 18.9 Å². The number of aliphatic hydroxyl groups is 1. The Morgan fingerprint density at radius 3 is 2.70 bits per heavy atom. The van der Waals surface area contributed by atoms with Crippen molar-refractivity contribution in [2.24, 2.45) is 0 Å². The van der Waals surface area contributed by atoms with Crippen molar-refractivity contribution in [3.8, 4) is 0 Å². The van der Waals surface area contributed by atoms with Crippen LogP contribution in [0.3, 0.4) is 0 Å². The Kier molecular flexibility index (Phi) is 3.87. The van der Waals surface area contributed by atoms with Crippen molar-refractivity contribution >= 4 is 23.5 Å². The molecule has 1 aliphatic heterocycles. The van der Waals surface area contributed by atoms with Gasteiger partial charge in [-0.2, -0.15) is 0 Å². The number of halogens is 1. The van der Waals surface area contributed by atoms with Crippen molar-refractivity contribution in [2.45, 2.75) is 18.6 Å². The number of hydrogen-bond donors (Lipinski definition) is 2. The summed E-state index contributed by atoms with van der Waals surface area (Å²) in [6, 6.07) is 9.42. The number of imide groups is 1. The fourth-order valence-corrected chi connectivity index (χ4v) is 2.87. The highest BCUT2D eigenvalue weighted by atomic mass is 35.5. The molecule has 0 radical (unpaired) electrons. The van der Waals surface area contributed by atoms with E-state index in [4.69, 9.17) is 16.0 Å². The van der Waals surface area contributed by atoms with Gasteiger partial charge in [-0.05, 0) is 25.1 Å². The van der Waals surface area contributed by atoms with Gasteiger partial charge in [0, 0.05) is 10.6 Å². The van der Waals surface area contributed by atoms with E-state index in [1.807, 2.05) is 0 Å². The van der Waals surface area contributed by atoms with E-state index in [-0.39, 0.29) is 6.54 Å². The molecule has 1 aliphatic rings. The van der Waals surface area contributed by atoms with E-state index in [9.17, 15) is 14.7 Å². The molecule has 1 aromatic carbocycles. The summed E-state index contributed by atoms with van der Waals surface area (Å²) in [6.45, 7) is 1.37. The molecule has 1 fully saturated rings. The van der Waals surface area contributed by atoms with Gasteiger partial charge in [-0.3, -0.25) is 9.69 Å². The molecule has 0 spiro atoms. The van der Waals surface area contributed by atoms with E-state index in [2.05, 4.69) is 5.32 Å². The monoisotopic (exact) mass is 334 g/mol. The zero-order valence-corrected chi connectivity index (χ0v) is 13.1. The molecule has 2 aromatic rings. The lowest BCUT2D eigenvalue weighted by molar-refractivity contribution is -0.132. The Morgan fingerprint density at radius 1 is 1.30 bits per heavy atom. The maximum absolute atomic E-state index is 12.6. The van der Waals surface area contributed by atoms with Crippen molar-refractivity contribution in [2.75, 3.05) is 6.54 Å². The van der Waals surface area contributed by atoms with Crippen LogP contribution in [0.15, 0.2) is 47.1 Å². The Labute approximate surface area is 137 Å². The molecule has 0 unspecified atom stereocenters. The Morgan fingerprint density at radius 2 is 2.04 bits per heavy atom. The first kappa shape index (κ1) is 15.6.